The standard InChI is InChI=1S/C12H18BrNO2/c1-12(2,16-3)5-4-11(15)9-6-10(13)8-14-7-9/h6-8,11,15H,4-5H2,1-3H3. The van der Waals surface area contributed by atoms with Gasteiger partial charge in [0.25, 0.3) is 0 Å². The summed E-state index contributed by atoms with van der Waals surface area (Å²) in [6, 6.07) is 1.89. The Morgan fingerprint density at radius 2 is 2.19 bits per heavy atom. The van der Waals surface area contributed by atoms with Crippen LogP contribution in [0.4, 0.5) is 0 Å². The van der Waals surface area contributed by atoms with E-state index in [1.165, 1.54) is 0 Å². The second-order valence-corrected chi connectivity index (χ2v) is 5.37. The van der Waals surface area contributed by atoms with Crippen LogP contribution in [0.1, 0.15) is 38.4 Å². The Morgan fingerprint density at radius 3 is 2.75 bits per heavy atom. The summed E-state index contributed by atoms with van der Waals surface area (Å²) in [6.45, 7) is 4.03. The zero-order valence-corrected chi connectivity index (χ0v) is 11.5. The molecule has 0 saturated carbocycles. The molecule has 1 atom stereocenters. The molecule has 1 aromatic heterocycles. The first kappa shape index (κ1) is 13.6. The third kappa shape index (κ3) is 4.20. The molecule has 0 bridgehead atoms. The first-order valence-electron chi connectivity index (χ1n) is 5.28. The van der Waals surface area contributed by atoms with Crippen LogP contribution >= 0.6 is 15.9 Å². The van der Waals surface area contributed by atoms with E-state index in [1.54, 1.807) is 19.5 Å². The Bertz CT molecular complexity index is 342. The molecule has 1 unspecified atom stereocenters. The average Bonchev–Trinajstić information content (AvgIpc) is 2.26. The number of pyridine rings is 1. The van der Waals surface area contributed by atoms with Gasteiger partial charge >= 0.3 is 0 Å². The van der Waals surface area contributed by atoms with Gasteiger partial charge in [-0.3, -0.25) is 4.98 Å². The normalized spacial score (nSPS) is 13.8. The molecular weight excluding hydrogens is 270 g/mol. The van der Waals surface area contributed by atoms with Crippen molar-refractivity contribution in [1.29, 1.82) is 0 Å². The molecule has 3 nitrogen and oxygen atoms in total. The zero-order chi connectivity index (χ0) is 12.2. The number of nitrogens with zero attached hydrogens (tertiary/aromatic N) is 1. The van der Waals surface area contributed by atoms with E-state index in [2.05, 4.69) is 20.9 Å². The maximum Gasteiger partial charge on any atom is 0.0806 e. The number of halogens is 1. The van der Waals surface area contributed by atoms with Gasteiger partial charge in [0.05, 0.1) is 11.7 Å². The third-order valence-corrected chi connectivity index (χ3v) is 3.12. The number of methoxy groups -OCH3 is 1. The number of aliphatic hydroxyl groups excluding tert-OH is 1. The van der Waals surface area contributed by atoms with Crippen molar-refractivity contribution in [2.45, 2.75) is 38.4 Å². The van der Waals surface area contributed by atoms with Crippen LogP contribution in [-0.2, 0) is 4.74 Å². The summed E-state index contributed by atoms with van der Waals surface area (Å²) < 4.78 is 6.20. The summed E-state index contributed by atoms with van der Waals surface area (Å²) in [6.07, 6.45) is 4.38. The lowest BCUT2D eigenvalue weighted by Gasteiger charge is -2.24. The fourth-order valence-corrected chi connectivity index (χ4v) is 1.75. The van der Waals surface area contributed by atoms with Crippen LogP contribution in [0, 0.1) is 0 Å². The summed E-state index contributed by atoms with van der Waals surface area (Å²) in [5.41, 5.74) is 0.640. The van der Waals surface area contributed by atoms with Crippen LogP contribution in [0.3, 0.4) is 0 Å². The van der Waals surface area contributed by atoms with Crippen molar-refractivity contribution in [2.75, 3.05) is 7.11 Å². The van der Waals surface area contributed by atoms with Crippen LogP contribution in [0.2, 0.25) is 0 Å². The van der Waals surface area contributed by atoms with Crippen LogP contribution in [0.25, 0.3) is 0 Å². The smallest absolute Gasteiger partial charge is 0.0806 e. The fraction of sp³-hybridized carbons (Fsp3) is 0.583. The molecular formula is C12H18BrNO2. The quantitative estimate of drug-likeness (QED) is 0.905. The minimum absolute atomic E-state index is 0.194. The van der Waals surface area contributed by atoms with Crippen molar-refractivity contribution < 1.29 is 9.84 Å². The van der Waals surface area contributed by atoms with E-state index >= 15 is 0 Å². The lowest BCUT2D eigenvalue weighted by Crippen LogP contribution is -2.23. The molecule has 0 aliphatic carbocycles. The van der Waals surface area contributed by atoms with Crippen molar-refractivity contribution in [3.05, 3.63) is 28.5 Å². The Balaban J connectivity index is 2.56. The molecule has 0 radical (unpaired) electrons. The Morgan fingerprint density at radius 1 is 1.50 bits per heavy atom. The second-order valence-electron chi connectivity index (χ2n) is 4.45. The lowest BCUT2D eigenvalue weighted by molar-refractivity contribution is 0.00275. The van der Waals surface area contributed by atoms with Crippen molar-refractivity contribution in [2.24, 2.45) is 0 Å². The first-order valence-corrected chi connectivity index (χ1v) is 6.07. The molecule has 16 heavy (non-hydrogen) atoms. The van der Waals surface area contributed by atoms with Gasteiger partial charge < -0.3 is 9.84 Å². The molecule has 0 fully saturated rings. The summed E-state index contributed by atoms with van der Waals surface area (Å²) in [5, 5.41) is 9.99. The number of ether oxygens (including phenoxy) is 1. The van der Waals surface area contributed by atoms with Gasteiger partial charge in [-0.2, -0.15) is 0 Å². The molecule has 4 heteroatoms. The molecule has 1 heterocycles. The highest BCUT2D eigenvalue weighted by Gasteiger charge is 2.19. The number of aliphatic hydroxyl groups is 1. The topological polar surface area (TPSA) is 42.4 Å². The van der Waals surface area contributed by atoms with Crippen LogP contribution < -0.4 is 0 Å². The summed E-state index contributed by atoms with van der Waals surface area (Å²) in [4.78, 5) is 4.03. The van der Waals surface area contributed by atoms with Gasteiger partial charge in [-0.1, -0.05) is 0 Å². The zero-order valence-electron chi connectivity index (χ0n) is 9.90. The van der Waals surface area contributed by atoms with Gasteiger partial charge in [0.1, 0.15) is 0 Å². The van der Waals surface area contributed by atoms with Crippen LogP contribution in [-0.4, -0.2) is 22.8 Å². The van der Waals surface area contributed by atoms with Crippen molar-refractivity contribution in [3.8, 4) is 0 Å². The Hall–Kier alpha value is -0.450. The molecule has 0 aliphatic rings. The lowest BCUT2D eigenvalue weighted by atomic mass is 9.97. The SMILES string of the molecule is COC(C)(C)CCC(O)c1cncc(Br)c1. The van der Waals surface area contributed by atoms with E-state index in [-0.39, 0.29) is 5.60 Å². The van der Waals surface area contributed by atoms with Crippen molar-refractivity contribution in [3.63, 3.8) is 0 Å². The van der Waals surface area contributed by atoms with Crippen LogP contribution in [0.5, 0.6) is 0 Å². The number of hydrogen-bond acceptors (Lipinski definition) is 3. The van der Waals surface area contributed by atoms with E-state index in [0.29, 0.717) is 6.42 Å². The molecule has 1 N–H and O–H groups in total. The van der Waals surface area contributed by atoms with Gasteiger partial charge in [0, 0.05) is 24.0 Å². The molecule has 1 aromatic rings. The molecule has 0 spiro atoms. The van der Waals surface area contributed by atoms with Crippen molar-refractivity contribution >= 4 is 15.9 Å². The number of aromatic nitrogens is 1. The van der Waals surface area contributed by atoms with E-state index in [1.807, 2.05) is 19.9 Å². The molecule has 1 rings (SSSR count). The van der Waals surface area contributed by atoms with Gasteiger partial charge in [-0.25, -0.2) is 0 Å². The maximum absolute atomic E-state index is 9.99. The van der Waals surface area contributed by atoms with Gasteiger partial charge in [0.2, 0.25) is 0 Å². The monoisotopic (exact) mass is 287 g/mol. The summed E-state index contributed by atoms with van der Waals surface area (Å²) in [5.74, 6) is 0. The molecule has 0 amide bonds. The number of hydrogen-bond donors (Lipinski definition) is 1. The van der Waals surface area contributed by atoms with Gasteiger partial charge in [0.15, 0.2) is 0 Å². The van der Waals surface area contributed by atoms with Gasteiger partial charge in [-0.15, -0.1) is 0 Å². The fourth-order valence-electron chi connectivity index (χ4n) is 1.36. The largest absolute Gasteiger partial charge is 0.388 e. The summed E-state index contributed by atoms with van der Waals surface area (Å²) >= 11 is 3.34. The highest BCUT2D eigenvalue weighted by molar-refractivity contribution is 9.10. The Kier molecular flexibility index (Phi) is 4.89. The predicted octanol–water partition coefficient (Wildman–Crippen LogP) is 3.08. The average molecular weight is 288 g/mol. The first-order chi connectivity index (χ1) is 7.44. The number of rotatable bonds is 5. The second kappa shape index (κ2) is 5.75. The van der Waals surface area contributed by atoms with E-state index < -0.39 is 6.10 Å². The minimum atomic E-state index is -0.487. The third-order valence-electron chi connectivity index (χ3n) is 2.68. The highest BCUT2D eigenvalue weighted by atomic mass is 79.9. The van der Waals surface area contributed by atoms with Crippen molar-refractivity contribution in [1.82, 2.24) is 4.98 Å². The Labute approximate surface area is 105 Å². The predicted molar refractivity (Wildman–Crippen MR) is 67.2 cm³/mol. The van der Waals surface area contributed by atoms with E-state index in [0.717, 1.165) is 16.5 Å². The molecule has 90 valence electrons. The molecule has 0 saturated heterocycles. The minimum Gasteiger partial charge on any atom is -0.388 e. The van der Waals surface area contributed by atoms with Gasteiger partial charge in [-0.05, 0) is 54.2 Å². The van der Waals surface area contributed by atoms with E-state index in [9.17, 15) is 5.11 Å². The highest BCUT2D eigenvalue weighted by Crippen LogP contribution is 2.25. The summed E-state index contributed by atoms with van der Waals surface area (Å²) in [7, 11) is 1.69. The molecule has 0 aromatic carbocycles. The van der Waals surface area contributed by atoms with E-state index in [4.69, 9.17) is 4.74 Å². The molecule has 0 aliphatic heterocycles. The van der Waals surface area contributed by atoms with Crippen LogP contribution in [0.15, 0.2) is 22.9 Å². The maximum atomic E-state index is 9.99.